The van der Waals surface area contributed by atoms with Crippen LogP contribution in [-0.2, 0) is 17.7 Å². The highest BCUT2D eigenvalue weighted by atomic mass is 16.5. The van der Waals surface area contributed by atoms with Gasteiger partial charge in [-0.25, -0.2) is 0 Å². The molecule has 2 unspecified atom stereocenters. The van der Waals surface area contributed by atoms with Crippen molar-refractivity contribution in [2.45, 2.75) is 58.2 Å². The number of aryl methyl sites for hydroxylation is 1. The molecule has 0 saturated carbocycles. The lowest BCUT2D eigenvalue weighted by molar-refractivity contribution is 0.0224. The molecule has 7 nitrogen and oxygen atoms in total. The van der Waals surface area contributed by atoms with E-state index < -0.39 is 0 Å². The van der Waals surface area contributed by atoms with E-state index in [0.29, 0.717) is 6.54 Å². The fourth-order valence-corrected chi connectivity index (χ4v) is 3.36. The molecular weight excluding hydrogens is 352 g/mol. The number of benzene rings is 1. The molecule has 1 aliphatic heterocycles. The Kier molecular flexibility index (Phi) is 7.84. The molecule has 2 aromatic rings. The van der Waals surface area contributed by atoms with Crippen molar-refractivity contribution in [1.29, 1.82) is 0 Å². The summed E-state index contributed by atoms with van der Waals surface area (Å²) in [6.45, 7) is 7.33. The van der Waals surface area contributed by atoms with Crippen molar-refractivity contribution in [3.63, 3.8) is 0 Å². The first-order valence-electron chi connectivity index (χ1n) is 10.3. The van der Waals surface area contributed by atoms with Gasteiger partial charge in [-0.05, 0) is 31.7 Å². The predicted octanol–water partition coefficient (Wildman–Crippen LogP) is 2.71. The van der Waals surface area contributed by atoms with Gasteiger partial charge in [-0.2, -0.15) is 0 Å². The van der Waals surface area contributed by atoms with E-state index in [-0.39, 0.29) is 12.1 Å². The summed E-state index contributed by atoms with van der Waals surface area (Å²) in [5.41, 5.74) is 1.23. The Hall–Kier alpha value is -2.41. The van der Waals surface area contributed by atoms with Crippen LogP contribution in [0.25, 0.3) is 0 Å². The van der Waals surface area contributed by atoms with Gasteiger partial charge in [0.05, 0.1) is 18.7 Å². The molecule has 0 amide bonds. The van der Waals surface area contributed by atoms with E-state index in [0.717, 1.165) is 50.7 Å². The first-order valence-corrected chi connectivity index (χ1v) is 10.3. The highest BCUT2D eigenvalue weighted by Crippen LogP contribution is 2.13. The first-order chi connectivity index (χ1) is 13.8. The molecule has 1 aromatic carbocycles. The van der Waals surface area contributed by atoms with E-state index in [1.807, 2.05) is 6.07 Å². The van der Waals surface area contributed by atoms with Gasteiger partial charge in [-0.1, -0.05) is 37.3 Å². The van der Waals surface area contributed by atoms with Crippen LogP contribution in [0, 0.1) is 0 Å². The zero-order valence-electron chi connectivity index (χ0n) is 17.0. The normalized spacial score (nSPS) is 18.6. The van der Waals surface area contributed by atoms with Crippen LogP contribution in [0.1, 0.15) is 50.5 Å². The summed E-state index contributed by atoms with van der Waals surface area (Å²) in [4.78, 5) is 4.80. The monoisotopic (exact) mass is 384 g/mol. The smallest absolute Gasteiger partial charge is 0.191 e. The largest absolute Gasteiger partial charge is 0.376 e. The fraction of sp³-hybridized carbons (Fsp3) is 0.571. The molecule has 1 saturated heterocycles. The Morgan fingerprint density at radius 3 is 2.93 bits per heavy atom. The van der Waals surface area contributed by atoms with Crippen LogP contribution in [-0.4, -0.2) is 46.5 Å². The van der Waals surface area contributed by atoms with Crippen molar-refractivity contribution < 1.29 is 4.74 Å². The maximum atomic E-state index is 5.83. The van der Waals surface area contributed by atoms with Crippen LogP contribution in [0.2, 0.25) is 0 Å². The fourth-order valence-electron chi connectivity index (χ4n) is 3.36. The lowest BCUT2D eigenvalue weighted by Gasteiger charge is -2.23. The van der Waals surface area contributed by atoms with Gasteiger partial charge in [0.1, 0.15) is 12.2 Å². The van der Waals surface area contributed by atoms with E-state index in [4.69, 9.17) is 9.73 Å². The summed E-state index contributed by atoms with van der Waals surface area (Å²) in [7, 11) is 0. The number of guanidine groups is 1. The number of aromatic nitrogens is 3. The average Bonchev–Trinajstić information content (AvgIpc) is 3.20. The number of ether oxygens (including phenoxy) is 1. The third-order valence-electron chi connectivity index (χ3n) is 5.04. The summed E-state index contributed by atoms with van der Waals surface area (Å²) in [6, 6.07) is 10.6. The molecule has 28 heavy (non-hydrogen) atoms. The second kappa shape index (κ2) is 10.8. The van der Waals surface area contributed by atoms with Gasteiger partial charge in [0.25, 0.3) is 0 Å². The van der Waals surface area contributed by atoms with E-state index >= 15 is 0 Å². The van der Waals surface area contributed by atoms with Crippen molar-refractivity contribution in [3.8, 4) is 0 Å². The van der Waals surface area contributed by atoms with E-state index in [2.05, 4.69) is 63.5 Å². The number of nitrogens with one attached hydrogen (secondary N) is 2. The number of rotatable bonds is 8. The summed E-state index contributed by atoms with van der Waals surface area (Å²) < 4.78 is 7.91. The lowest BCUT2D eigenvalue weighted by atomic mass is 10.1. The molecule has 2 atom stereocenters. The van der Waals surface area contributed by atoms with E-state index in [9.17, 15) is 0 Å². The molecule has 7 heteroatoms. The molecule has 0 aliphatic carbocycles. The minimum absolute atomic E-state index is 0.167. The molecule has 1 aliphatic rings. The number of nitrogens with zero attached hydrogens (tertiary/aromatic N) is 4. The summed E-state index contributed by atoms with van der Waals surface area (Å²) in [6.07, 6.45) is 6.36. The van der Waals surface area contributed by atoms with Crippen molar-refractivity contribution in [3.05, 3.63) is 48.0 Å². The van der Waals surface area contributed by atoms with Crippen molar-refractivity contribution >= 4 is 5.96 Å². The van der Waals surface area contributed by atoms with Gasteiger partial charge in [0.15, 0.2) is 5.96 Å². The Morgan fingerprint density at radius 1 is 1.32 bits per heavy atom. The maximum Gasteiger partial charge on any atom is 0.191 e. The van der Waals surface area contributed by atoms with Gasteiger partial charge >= 0.3 is 0 Å². The molecular formula is C21H32N6O. The van der Waals surface area contributed by atoms with E-state index in [1.165, 1.54) is 12.0 Å². The third kappa shape index (κ3) is 6.05. The molecule has 0 spiro atoms. The molecule has 0 bridgehead atoms. The standard InChI is InChI=1S/C21H32N6O/c1-3-20-26-24-16-27(20)13-12-22-21(23-15-19-11-7-8-14-28-19)25-17(2)18-9-5-4-6-10-18/h4-6,9-10,16-17,19H,3,7-8,11-15H2,1-2H3,(H2,22,23,25). The molecule has 2 heterocycles. The molecule has 0 radical (unpaired) electrons. The van der Waals surface area contributed by atoms with Crippen molar-refractivity contribution in [2.24, 2.45) is 4.99 Å². The molecule has 2 N–H and O–H groups in total. The van der Waals surface area contributed by atoms with Gasteiger partial charge in [0.2, 0.25) is 0 Å². The summed E-state index contributed by atoms with van der Waals surface area (Å²) in [5.74, 6) is 1.82. The molecule has 1 aromatic heterocycles. The van der Waals surface area contributed by atoms with Gasteiger partial charge in [0, 0.05) is 26.1 Å². The highest BCUT2D eigenvalue weighted by molar-refractivity contribution is 5.80. The first kappa shape index (κ1) is 20.3. The van der Waals surface area contributed by atoms with Crippen molar-refractivity contribution in [1.82, 2.24) is 25.4 Å². The summed E-state index contributed by atoms with van der Waals surface area (Å²) in [5, 5.41) is 15.1. The SMILES string of the molecule is CCc1nncn1CCNC(=NCC1CCCCO1)NC(C)c1ccccc1. The van der Waals surface area contributed by atoms with Crippen LogP contribution < -0.4 is 10.6 Å². The highest BCUT2D eigenvalue weighted by Gasteiger charge is 2.14. The van der Waals surface area contributed by atoms with Crippen LogP contribution in [0.4, 0.5) is 0 Å². The number of aliphatic imine (C=N–C) groups is 1. The number of hydrogen-bond donors (Lipinski definition) is 2. The van der Waals surface area contributed by atoms with Gasteiger partial charge in [-0.15, -0.1) is 10.2 Å². The molecule has 3 rings (SSSR count). The topological polar surface area (TPSA) is 76.4 Å². The molecule has 1 fully saturated rings. The quantitative estimate of drug-likeness (QED) is 0.541. The second-order valence-corrected chi connectivity index (χ2v) is 7.18. The van der Waals surface area contributed by atoms with Crippen molar-refractivity contribution in [2.75, 3.05) is 19.7 Å². The van der Waals surface area contributed by atoms with Gasteiger partial charge < -0.3 is 19.9 Å². The Labute approximate surface area is 167 Å². The van der Waals surface area contributed by atoms with Crippen LogP contribution in [0.15, 0.2) is 41.7 Å². The van der Waals surface area contributed by atoms with Crippen LogP contribution >= 0.6 is 0 Å². The maximum absolute atomic E-state index is 5.83. The minimum atomic E-state index is 0.167. The lowest BCUT2D eigenvalue weighted by Crippen LogP contribution is -2.41. The second-order valence-electron chi connectivity index (χ2n) is 7.18. The summed E-state index contributed by atoms with van der Waals surface area (Å²) >= 11 is 0. The van der Waals surface area contributed by atoms with Crippen LogP contribution in [0.5, 0.6) is 0 Å². The average molecular weight is 385 g/mol. The zero-order valence-corrected chi connectivity index (χ0v) is 17.0. The minimum Gasteiger partial charge on any atom is -0.376 e. The zero-order chi connectivity index (χ0) is 19.6. The Morgan fingerprint density at radius 2 is 2.18 bits per heavy atom. The third-order valence-corrected chi connectivity index (χ3v) is 5.04. The predicted molar refractivity (Wildman–Crippen MR) is 111 cm³/mol. The van der Waals surface area contributed by atoms with E-state index in [1.54, 1.807) is 6.33 Å². The Bertz CT molecular complexity index is 724. The van der Waals surface area contributed by atoms with Crippen LogP contribution in [0.3, 0.4) is 0 Å². The molecule has 152 valence electrons. The van der Waals surface area contributed by atoms with Gasteiger partial charge in [-0.3, -0.25) is 4.99 Å². The Balaban J connectivity index is 1.59. The number of hydrogen-bond acceptors (Lipinski definition) is 4.